The molecule has 0 spiro atoms. The lowest BCUT2D eigenvalue weighted by atomic mass is 10.1. The first-order valence-corrected chi connectivity index (χ1v) is 7.93. The molecular formula is C16H22F3N3O3. The van der Waals surface area contributed by atoms with Crippen LogP contribution >= 0.6 is 0 Å². The molecule has 25 heavy (non-hydrogen) atoms. The third kappa shape index (κ3) is 5.33. The normalized spacial score (nSPS) is 13.7. The van der Waals surface area contributed by atoms with E-state index in [0.29, 0.717) is 18.5 Å². The SMILES string of the molecule is CCCCC(=O)N[C@@](Nc1cccc(C)n1)(C(=O)OCC)C(F)(F)F. The third-order valence-corrected chi connectivity index (χ3v) is 3.30. The number of halogens is 3. The summed E-state index contributed by atoms with van der Waals surface area (Å²) in [4.78, 5) is 28.0. The molecule has 0 aliphatic rings. The summed E-state index contributed by atoms with van der Waals surface area (Å²) in [6.07, 6.45) is -4.27. The number of unbranched alkanes of at least 4 members (excludes halogenated alkanes) is 1. The number of anilines is 1. The zero-order valence-electron chi connectivity index (χ0n) is 14.4. The number of nitrogens with one attached hydrogen (secondary N) is 2. The zero-order chi connectivity index (χ0) is 19.1. The van der Waals surface area contributed by atoms with Crippen LogP contribution in [0.2, 0.25) is 0 Å². The van der Waals surface area contributed by atoms with Crippen molar-refractivity contribution in [3.63, 3.8) is 0 Å². The summed E-state index contributed by atoms with van der Waals surface area (Å²) in [5.41, 5.74) is -2.96. The van der Waals surface area contributed by atoms with Gasteiger partial charge in [-0.1, -0.05) is 19.4 Å². The summed E-state index contributed by atoms with van der Waals surface area (Å²) in [5.74, 6) is -2.76. The van der Waals surface area contributed by atoms with Crippen molar-refractivity contribution in [2.24, 2.45) is 0 Å². The van der Waals surface area contributed by atoms with E-state index in [2.05, 4.69) is 9.72 Å². The van der Waals surface area contributed by atoms with Gasteiger partial charge in [-0.3, -0.25) is 4.79 Å². The Hall–Kier alpha value is -2.32. The number of rotatable bonds is 8. The largest absolute Gasteiger partial charge is 0.463 e. The fraction of sp³-hybridized carbons (Fsp3) is 0.562. The Morgan fingerprint density at radius 3 is 2.44 bits per heavy atom. The van der Waals surface area contributed by atoms with Crippen molar-refractivity contribution in [1.29, 1.82) is 0 Å². The molecular weight excluding hydrogens is 339 g/mol. The lowest BCUT2D eigenvalue weighted by Gasteiger charge is -2.35. The molecule has 0 radical (unpaired) electrons. The van der Waals surface area contributed by atoms with Gasteiger partial charge in [0.1, 0.15) is 5.82 Å². The van der Waals surface area contributed by atoms with Crippen LogP contribution in [0, 0.1) is 6.92 Å². The quantitative estimate of drug-likeness (QED) is 0.550. The van der Waals surface area contributed by atoms with Gasteiger partial charge in [0.15, 0.2) is 0 Å². The predicted octanol–water partition coefficient (Wildman–Crippen LogP) is 2.93. The minimum atomic E-state index is -5.15. The number of nitrogens with zero attached hydrogens (tertiary/aromatic N) is 1. The Morgan fingerprint density at radius 2 is 1.92 bits per heavy atom. The average Bonchev–Trinajstić information content (AvgIpc) is 2.51. The Balaban J connectivity index is 3.29. The van der Waals surface area contributed by atoms with Gasteiger partial charge in [-0.25, -0.2) is 9.78 Å². The maximum Gasteiger partial charge on any atom is 0.441 e. The van der Waals surface area contributed by atoms with Gasteiger partial charge in [-0.2, -0.15) is 13.2 Å². The van der Waals surface area contributed by atoms with Crippen LogP contribution in [0.15, 0.2) is 18.2 Å². The molecule has 0 saturated carbocycles. The van der Waals surface area contributed by atoms with Crippen molar-refractivity contribution in [3.8, 4) is 0 Å². The molecule has 140 valence electrons. The molecule has 1 amide bonds. The van der Waals surface area contributed by atoms with Crippen LogP contribution in [0.5, 0.6) is 0 Å². The average molecular weight is 361 g/mol. The van der Waals surface area contributed by atoms with Gasteiger partial charge in [0.25, 0.3) is 0 Å². The second-order valence-electron chi connectivity index (χ2n) is 5.41. The van der Waals surface area contributed by atoms with E-state index in [1.54, 1.807) is 25.2 Å². The molecule has 0 bridgehead atoms. The number of alkyl halides is 3. The molecule has 2 N–H and O–H groups in total. The number of esters is 1. The maximum absolute atomic E-state index is 13.8. The molecule has 1 atom stereocenters. The van der Waals surface area contributed by atoms with Gasteiger partial charge in [0, 0.05) is 12.1 Å². The highest BCUT2D eigenvalue weighted by Gasteiger charge is 2.63. The van der Waals surface area contributed by atoms with Crippen LogP contribution in [0.4, 0.5) is 19.0 Å². The highest BCUT2D eigenvalue weighted by molar-refractivity contribution is 5.91. The fourth-order valence-electron chi connectivity index (χ4n) is 2.04. The first-order valence-electron chi connectivity index (χ1n) is 7.93. The molecule has 1 rings (SSSR count). The summed E-state index contributed by atoms with van der Waals surface area (Å²) in [6.45, 7) is 4.49. The van der Waals surface area contributed by atoms with Crippen molar-refractivity contribution in [2.45, 2.75) is 51.9 Å². The van der Waals surface area contributed by atoms with Crippen LogP contribution in [0.1, 0.15) is 38.8 Å². The van der Waals surface area contributed by atoms with Gasteiger partial charge < -0.3 is 15.4 Å². The van der Waals surface area contributed by atoms with Crippen molar-refractivity contribution >= 4 is 17.7 Å². The number of carbonyl (C=O) groups is 2. The van der Waals surface area contributed by atoms with Gasteiger partial charge in [0.05, 0.1) is 6.61 Å². The van der Waals surface area contributed by atoms with Crippen LogP contribution in [0.3, 0.4) is 0 Å². The van der Waals surface area contributed by atoms with Crippen LogP contribution in [0.25, 0.3) is 0 Å². The third-order valence-electron chi connectivity index (χ3n) is 3.30. The molecule has 1 aromatic rings. The number of aromatic nitrogens is 1. The summed E-state index contributed by atoms with van der Waals surface area (Å²) in [7, 11) is 0. The van der Waals surface area contributed by atoms with E-state index >= 15 is 0 Å². The van der Waals surface area contributed by atoms with Crippen LogP contribution in [-0.2, 0) is 14.3 Å². The molecule has 0 aromatic carbocycles. The zero-order valence-corrected chi connectivity index (χ0v) is 14.4. The Kier molecular flexibility index (Phi) is 7.20. The molecule has 0 aliphatic carbocycles. The smallest absolute Gasteiger partial charge is 0.441 e. The Morgan fingerprint density at radius 1 is 1.24 bits per heavy atom. The highest BCUT2D eigenvalue weighted by Crippen LogP contribution is 2.33. The second kappa shape index (κ2) is 8.68. The number of ether oxygens (including phenoxy) is 1. The lowest BCUT2D eigenvalue weighted by molar-refractivity contribution is -0.208. The standard InChI is InChI=1S/C16H22F3N3O3/c1-4-6-10-13(23)22-15(16(17,18)19,14(24)25-5-2)21-12-9-7-8-11(3)20-12/h7-9H,4-6,10H2,1-3H3,(H,20,21)(H,22,23)/t15-/m0/s1. The second-order valence-corrected chi connectivity index (χ2v) is 5.41. The molecule has 0 saturated heterocycles. The summed E-state index contributed by atoms with van der Waals surface area (Å²) in [5, 5.41) is 3.79. The number of pyridine rings is 1. The van der Waals surface area contributed by atoms with Gasteiger partial charge in [0.2, 0.25) is 5.91 Å². The Bertz CT molecular complexity index is 608. The minimum absolute atomic E-state index is 0.142. The Labute approximate surface area is 144 Å². The van der Waals surface area contributed by atoms with Crippen molar-refractivity contribution in [3.05, 3.63) is 23.9 Å². The number of carbonyl (C=O) groups excluding carboxylic acids is 2. The van der Waals surface area contributed by atoms with Crippen molar-refractivity contribution in [1.82, 2.24) is 10.3 Å². The molecule has 1 heterocycles. The first-order chi connectivity index (χ1) is 11.7. The molecule has 6 nitrogen and oxygen atoms in total. The number of amides is 1. The molecule has 0 unspecified atom stereocenters. The fourth-order valence-corrected chi connectivity index (χ4v) is 2.04. The van der Waals surface area contributed by atoms with E-state index in [0.717, 1.165) is 0 Å². The van der Waals surface area contributed by atoms with Gasteiger partial charge >= 0.3 is 17.8 Å². The summed E-state index contributed by atoms with van der Waals surface area (Å²) >= 11 is 0. The predicted molar refractivity (Wildman–Crippen MR) is 85.7 cm³/mol. The summed E-state index contributed by atoms with van der Waals surface area (Å²) in [6, 6.07) is 4.34. The molecule has 9 heteroatoms. The maximum atomic E-state index is 13.8. The molecule has 0 aliphatic heterocycles. The molecule has 0 fully saturated rings. The highest BCUT2D eigenvalue weighted by atomic mass is 19.4. The number of hydrogen-bond acceptors (Lipinski definition) is 5. The minimum Gasteiger partial charge on any atom is -0.463 e. The van der Waals surface area contributed by atoms with E-state index in [1.165, 1.54) is 19.1 Å². The van der Waals surface area contributed by atoms with Gasteiger partial charge in [-0.05, 0) is 32.4 Å². The summed E-state index contributed by atoms with van der Waals surface area (Å²) < 4.78 is 46.0. The van der Waals surface area contributed by atoms with E-state index < -0.39 is 23.7 Å². The molecule has 1 aromatic heterocycles. The van der Waals surface area contributed by atoms with Crippen molar-refractivity contribution in [2.75, 3.05) is 11.9 Å². The number of aryl methyl sites for hydroxylation is 1. The van der Waals surface area contributed by atoms with E-state index in [-0.39, 0.29) is 18.8 Å². The topological polar surface area (TPSA) is 80.3 Å². The van der Waals surface area contributed by atoms with Crippen LogP contribution < -0.4 is 10.6 Å². The van der Waals surface area contributed by atoms with E-state index in [4.69, 9.17) is 0 Å². The first kappa shape index (κ1) is 20.7. The lowest BCUT2D eigenvalue weighted by Crippen LogP contribution is -2.69. The van der Waals surface area contributed by atoms with Crippen LogP contribution in [-0.4, -0.2) is 35.3 Å². The van der Waals surface area contributed by atoms with Crippen molar-refractivity contribution < 1.29 is 27.5 Å². The monoisotopic (exact) mass is 361 g/mol. The van der Waals surface area contributed by atoms with E-state index in [9.17, 15) is 22.8 Å². The van der Waals surface area contributed by atoms with Gasteiger partial charge in [-0.15, -0.1) is 0 Å². The number of hydrogen-bond donors (Lipinski definition) is 2. The van der Waals surface area contributed by atoms with E-state index in [1.807, 2.05) is 5.32 Å².